The lowest BCUT2D eigenvalue weighted by Gasteiger charge is -2.05. The minimum atomic E-state index is -3.81. The Kier molecular flexibility index (Phi) is 5.48. The maximum absolute atomic E-state index is 12.3. The summed E-state index contributed by atoms with van der Waals surface area (Å²) in [5.41, 5.74) is 0.735. The molecule has 2 aromatic heterocycles. The Labute approximate surface area is 163 Å². The van der Waals surface area contributed by atoms with Crippen LogP contribution in [0.4, 0.5) is 5.69 Å². The summed E-state index contributed by atoms with van der Waals surface area (Å²) >= 11 is 2.98. The Hall–Kier alpha value is -2.84. The van der Waals surface area contributed by atoms with E-state index in [1.807, 2.05) is 23.6 Å². The second-order valence-corrected chi connectivity index (χ2v) is 8.62. The molecule has 0 radical (unpaired) electrons. The molecular weight excluding hydrogens is 404 g/mol. The van der Waals surface area contributed by atoms with Crippen LogP contribution in [-0.2, 0) is 14.8 Å². The lowest BCUT2D eigenvalue weighted by Crippen LogP contribution is -2.14. The van der Waals surface area contributed by atoms with Crippen LogP contribution in [0.2, 0.25) is 0 Å². The predicted molar refractivity (Wildman–Crippen MR) is 105 cm³/mol. The van der Waals surface area contributed by atoms with Gasteiger partial charge in [-0.05, 0) is 41.8 Å². The highest BCUT2D eigenvalue weighted by Crippen LogP contribution is 2.28. The van der Waals surface area contributed by atoms with Crippen molar-refractivity contribution in [1.29, 1.82) is 5.26 Å². The van der Waals surface area contributed by atoms with E-state index < -0.39 is 15.9 Å². The topological polar surface area (TPSA) is 126 Å². The molecule has 0 fully saturated rings. The number of aromatic nitrogens is 1. The van der Waals surface area contributed by atoms with Crippen LogP contribution in [0, 0.1) is 11.3 Å². The van der Waals surface area contributed by atoms with E-state index in [-0.39, 0.29) is 10.5 Å². The SMILES string of the molecule is N#C/C(=C/c1csc(-c2cccs2)n1)C(=O)Nc1ccc(S(N)(=O)=O)cc1. The fourth-order valence-electron chi connectivity index (χ4n) is 2.09. The van der Waals surface area contributed by atoms with Gasteiger partial charge in [0, 0.05) is 11.1 Å². The Morgan fingerprint density at radius 2 is 1.96 bits per heavy atom. The third kappa shape index (κ3) is 4.66. The van der Waals surface area contributed by atoms with Crippen molar-refractivity contribution in [3.8, 4) is 16.0 Å². The zero-order chi connectivity index (χ0) is 19.4. The molecule has 7 nitrogen and oxygen atoms in total. The molecule has 0 aliphatic rings. The zero-order valence-electron chi connectivity index (χ0n) is 13.6. The lowest BCUT2D eigenvalue weighted by molar-refractivity contribution is -0.112. The molecule has 3 rings (SSSR count). The van der Waals surface area contributed by atoms with E-state index >= 15 is 0 Å². The Morgan fingerprint density at radius 3 is 2.56 bits per heavy atom. The number of hydrogen-bond donors (Lipinski definition) is 2. The van der Waals surface area contributed by atoms with Gasteiger partial charge in [0.15, 0.2) is 0 Å². The van der Waals surface area contributed by atoms with Crippen LogP contribution < -0.4 is 10.5 Å². The number of nitrogens with two attached hydrogens (primary N) is 1. The summed E-state index contributed by atoms with van der Waals surface area (Å²) < 4.78 is 22.5. The average Bonchev–Trinajstić information content (AvgIpc) is 3.30. The first kappa shape index (κ1) is 18.9. The van der Waals surface area contributed by atoms with Crippen molar-refractivity contribution in [2.45, 2.75) is 4.90 Å². The summed E-state index contributed by atoms with van der Waals surface area (Å²) in [5.74, 6) is -0.619. The average molecular weight is 417 g/mol. The van der Waals surface area contributed by atoms with E-state index in [1.54, 1.807) is 16.7 Å². The molecule has 0 atom stereocenters. The Morgan fingerprint density at radius 1 is 1.22 bits per heavy atom. The van der Waals surface area contributed by atoms with Crippen LogP contribution in [0.25, 0.3) is 16.0 Å². The first-order chi connectivity index (χ1) is 12.9. The number of amides is 1. The van der Waals surface area contributed by atoms with Gasteiger partial charge in [0.1, 0.15) is 16.6 Å². The van der Waals surface area contributed by atoms with Gasteiger partial charge in [0.25, 0.3) is 5.91 Å². The van der Waals surface area contributed by atoms with Gasteiger partial charge in [-0.25, -0.2) is 18.5 Å². The highest BCUT2D eigenvalue weighted by Gasteiger charge is 2.13. The molecule has 136 valence electrons. The van der Waals surface area contributed by atoms with E-state index in [0.29, 0.717) is 11.4 Å². The standard InChI is InChI=1S/C17H12N4O3S3/c18-9-11(8-13-10-26-17(21-13)15-2-1-7-25-15)16(22)20-12-3-5-14(6-4-12)27(19,23)24/h1-8,10H,(H,20,22)(H2,19,23,24)/b11-8-. The van der Waals surface area contributed by atoms with Crippen molar-refractivity contribution in [2.75, 3.05) is 5.32 Å². The number of carbonyl (C=O) groups excluding carboxylic acids is 1. The lowest BCUT2D eigenvalue weighted by atomic mass is 10.2. The number of primary sulfonamides is 1. The van der Waals surface area contributed by atoms with Gasteiger partial charge in [0.05, 0.1) is 15.5 Å². The van der Waals surface area contributed by atoms with Crippen molar-refractivity contribution in [3.05, 3.63) is 58.4 Å². The number of benzene rings is 1. The number of carbonyl (C=O) groups is 1. The van der Waals surface area contributed by atoms with E-state index in [2.05, 4.69) is 10.3 Å². The minimum absolute atomic E-state index is 0.0693. The molecule has 27 heavy (non-hydrogen) atoms. The molecule has 0 spiro atoms. The molecule has 0 unspecified atom stereocenters. The number of nitrogens with one attached hydrogen (secondary N) is 1. The molecular formula is C17H12N4O3S3. The molecule has 10 heteroatoms. The van der Waals surface area contributed by atoms with E-state index in [9.17, 15) is 18.5 Å². The number of nitriles is 1. The van der Waals surface area contributed by atoms with E-state index in [1.165, 1.54) is 41.7 Å². The molecule has 1 aromatic carbocycles. The smallest absolute Gasteiger partial charge is 0.266 e. The van der Waals surface area contributed by atoms with Gasteiger partial charge in [-0.15, -0.1) is 22.7 Å². The summed E-state index contributed by atoms with van der Waals surface area (Å²) in [6, 6.07) is 11.0. The maximum atomic E-state index is 12.3. The molecule has 0 aliphatic heterocycles. The van der Waals surface area contributed by atoms with Crippen LogP contribution >= 0.6 is 22.7 Å². The van der Waals surface area contributed by atoms with Gasteiger partial charge in [-0.2, -0.15) is 5.26 Å². The first-order valence-electron chi connectivity index (χ1n) is 7.42. The molecule has 0 saturated heterocycles. The molecule has 3 N–H and O–H groups in total. The number of thiophene rings is 1. The normalized spacial score (nSPS) is 11.8. The largest absolute Gasteiger partial charge is 0.321 e. The number of nitrogens with zero attached hydrogens (tertiary/aromatic N) is 2. The van der Waals surface area contributed by atoms with Crippen molar-refractivity contribution in [1.82, 2.24) is 4.98 Å². The van der Waals surface area contributed by atoms with Crippen LogP contribution in [0.3, 0.4) is 0 Å². The first-order valence-corrected chi connectivity index (χ1v) is 10.7. The monoisotopic (exact) mass is 416 g/mol. The molecule has 0 bridgehead atoms. The maximum Gasteiger partial charge on any atom is 0.266 e. The van der Waals surface area contributed by atoms with Crippen molar-refractivity contribution in [3.63, 3.8) is 0 Å². The highest BCUT2D eigenvalue weighted by molar-refractivity contribution is 7.89. The number of sulfonamides is 1. The number of anilines is 1. The Balaban J connectivity index is 1.76. The molecule has 0 saturated carbocycles. The Bertz CT molecular complexity index is 1140. The summed E-state index contributed by atoms with van der Waals surface area (Å²) in [5, 5.41) is 21.4. The van der Waals surface area contributed by atoms with E-state index in [0.717, 1.165) is 9.88 Å². The van der Waals surface area contributed by atoms with Crippen LogP contribution in [0.1, 0.15) is 5.69 Å². The van der Waals surface area contributed by atoms with Gasteiger partial charge < -0.3 is 5.32 Å². The zero-order valence-corrected chi connectivity index (χ0v) is 16.1. The third-order valence-corrected chi connectivity index (χ3v) is 6.18. The van der Waals surface area contributed by atoms with Crippen molar-refractivity contribution in [2.24, 2.45) is 5.14 Å². The summed E-state index contributed by atoms with van der Waals surface area (Å²) in [7, 11) is -3.81. The quantitative estimate of drug-likeness (QED) is 0.488. The fraction of sp³-hybridized carbons (Fsp3) is 0. The van der Waals surface area contributed by atoms with E-state index in [4.69, 9.17) is 5.14 Å². The molecule has 1 amide bonds. The van der Waals surface area contributed by atoms with Gasteiger partial charge in [0.2, 0.25) is 10.0 Å². The predicted octanol–water partition coefficient (Wildman–Crippen LogP) is 3.06. The number of thiazole rings is 1. The third-order valence-electron chi connectivity index (χ3n) is 3.35. The minimum Gasteiger partial charge on any atom is -0.321 e. The fourth-order valence-corrected chi connectivity index (χ4v) is 4.20. The van der Waals surface area contributed by atoms with Crippen molar-refractivity contribution >= 4 is 50.4 Å². The summed E-state index contributed by atoms with van der Waals surface area (Å²) in [6.07, 6.45) is 1.40. The van der Waals surface area contributed by atoms with Crippen LogP contribution in [0.5, 0.6) is 0 Å². The van der Waals surface area contributed by atoms with Gasteiger partial charge in [-0.3, -0.25) is 4.79 Å². The molecule has 0 aliphatic carbocycles. The molecule has 3 aromatic rings. The highest BCUT2D eigenvalue weighted by atomic mass is 32.2. The number of rotatable bonds is 5. The summed E-state index contributed by atoms with van der Waals surface area (Å²) in [6.45, 7) is 0. The second-order valence-electron chi connectivity index (χ2n) is 5.25. The summed E-state index contributed by atoms with van der Waals surface area (Å²) in [4.78, 5) is 17.6. The second kappa shape index (κ2) is 7.81. The molecule has 2 heterocycles. The van der Waals surface area contributed by atoms with Gasteiger partial charge >= 0.3 is 0 Å². The van der Waals surface area contributed by atoms with Crippen LogP contribution in [0.15, 0.2) is 57.6 Å². The van der Waals surface area contributed by atoms with Crippen LogP contribution in [-0.4, -0.2) is 19.3 Å². The van der Waals surface area contributed by atoms with Crippen molar-refractivity contribution < 1.29 is 13.2 Å². The van der Waals surface area contributed by atoms with Gasteiger partial charge in [-0.1, -0.05) is 6.07 Å². The number of hydrogen-bond acceptors (Lipinski definition) is 7.